The Morgan fingerprint density at radius 3 is 2.83 bits per heavy atom. The lowest BCUT2D eigenvalue weighted by molar-refractivity contribution is -0.126. The number of likely N-dealkylation sites (tertiary alicyclic amines) is 1. The summed E-state index contributed by atoms with van der Waals surface area (Å²) in [6.07, 6.45) is 1.88. The van der Waals surface area contributed by atoms with Crippen molar-refractivity contribution in [2.45, 2.75) is 51.6 Å². The fourth-order valence-corrected chi connectivity index (χ4v) is 3.28. The van der Waals surface area contributed by atoms with Crippen LogP contribution in [0.25, 0.3) is 0 Å². The molecule has 2 atom stereocenters. The van der Waals surface area contributed by atoms with E-state index in [9.17, 15) is 9.59 Å². The Morgan fingerprint density at radius 2 is 2.22 bits per heavy atom. The molecule has 0 aliphatic carbocycles. The van der Waals surface area contributed by atoms with Crippen LogP contribution in [0.5, 0.6) is 0 Å². The molecule has 2 saturated heterocycles. The van der Waals surface area contributed by atoms with Crippen LogP contribution in [0.15, 0.2) is 4.52 Å². The van der Waals surface area contributed by atoms with Gasteiger partial charge in [0.05, 0.1) is 6.54 Å². The van der Waals surface area contributed by atoms with Gasteiger partial charge in [-0.05, 0) is 26.3 Å². The van der Waals surface area contributed by atoms with Gasteiger partial charge in [-0.15, -0.1) is 0 Å². The van der Waals surface area contributed by atoms with Crippen LogP contribution >= 0.6 is 0 Å². The molecule has 2 unspecified atom stereocenters. The second kappa shape index (κ2) is 5.92. The minimum absolute atomic E-state index is 0.0687. The van der Waals surface area contributed by atoms with E-state index in [1.807, 2.05) is 13.8 Å². The molecule has 126 valence electrons. The predicted octanol–water partition coefficient (Wildman–Crippen LogP) is 1.00. The number of carbonyl (C=O) groups is 2. The lowest BCUT2D eigenvalue weighted by Crippen LogP contribution is -2.55. The van der Waals surface area contributed by atoms with Gasteiger partial charge in [0.2, 0.25) is 5.89 Å². The third-order valence-corrected chi connectivity index (χ3v) is 4.74. The molecule has 2 aliphatic heterocycles. The van der Waals surface area contributed by atoms with E-state index < -0.39 is 11.6 Å². The van der Waals surface area contributed by atoms with Gasteiger partial charge in [0.15, 0.2) is 5.82 Å². The molecular weight excluding hydrogens is 298 g/mol. The number of rotatable bonds is 4. The van der Waals surface area contributed by atoms with E-state index in [-0.39, 0.29) is 17.7 Å². The third-order valence-electron chi connectivity index (χ3n) is 4.74. The highest BCUT2D eigenvalue weighted by molar-refractivity contribution is 6.06. The van der Waals surface area contributed by atoms with Crippen molar-refractivity contribution in [3.05, 3.63) is 11.7 Å². The average molecular weight is 321 g/mol. The molecule has 2 aliphatic rings. The summed E-state index contributed by atoms with van der Waals surface area (Å²) < 4.78 is 5.24. The first-order valence-corrected chi connectivity index (χ1v) is 8.07. The van der Waals surface area contributed by atoms with Crippen molar-refractivity contribution in [2.75, 3.05) is 13.1 Å². The topological polar surface area (TPSA) is 100 Å². The Bertz CT molecular complexity index is 614. The minimum Gasteiger partial charge on any atom is -0.339 e. The van der Waals surface area contributed by atoms with Gasteiger partial charge in [-0.1, -0.05) is 19.0 Å². The van der Waals surface area contributed by atoms with Gasteiger partial charge in [-0.25, -0.2) is 4.79 Å². The zero-order chi connectivity index (χ0) is 16.6. The van der Waals surface area contributed by atoms with Gasteiger partial charge >= 0.3 is 6.03 Å². The van der Waals surface area contributed by atoms with Crippen molar-refractivity contribution in [3.63, 3.8) is 0 Å². The van der Waals surface area contributed by atoms with Crippen LogP contribution in [-0.2, 0) is 11.3 Å². The number of imide groups is 1. The van der Waals surface area contributed by atoms with Gasteiger partial charge in [0.25, 0.3) is 5.91 Å². The van der Waals surface area contributed by atoms with Gasteiger partial charge in [0.1, 0.15) is 5.54 Å². The van der Waals surface area contributed by atoms with Crippen molar-refractivity contribution < 1.29 is 14.1 Å². The highest BCUT2D eigenvalue weighted by Crippen LogP contribution is 2.30. The molecule has 0 bridgehead atoms. The summed E-state index contributed by atoms with van der Waals surface area (Å²) in [6, 6.07) is -0.408. The molecule has 3 heterocycles. The molecule has 2 N–H and O–H groups in total. The molecule has 1 aromatic heterocycles. The molecule has 23 heavy (non-hydrogen) atoms. The van der Waals surface area contributed by atoms with E-state index in [0.717, 1.165) is 25.9 Å². The quantitative estimate of drug-likeness (QED) is 0.803. The van der Waals surface area contributed by atoms with Crippen molar-refractivity contribution in [1.29, 1.82) is 0 Å². The highest BCUT2D eigenvalue weighted by Gasteiger charge is 2.48. The molecule has 8 nitrogen and oxygen atoms in total. The number of aromatic nitrogens is 2. The van der Waals surface area contributed by atoms with Crippen LogP contribution in [0.4, 0.5) is 4.79 Å². The third kappa shape index (κ3) is 3.08. The maximum absolute atomic E-state index is 12.1. The minimum atomic E-state index is -0.837. The Morgan fingerprint density at radius 1 is 1.43 bits per heavy atom. The number of nitrogens with zero attached hydrogens (tertiary/aromatic N) is 3. The summed E-state index contributed by atoms with van der Waals surface area (Å²) >= 11 is 0. The predicted molar refractivity (Wildman–Crippen MR) is 81.5 cm³/mol. The number of nitrogens with one attached hydrogen (secondary N) is 2. The van der Waals surface area contributed by atoms with Crippen LogP contribution in [0.3, 0.4) is 0 Å². The van der Waals surface area contributed by atoms with E-state index in [4.69, 9.17) is 4.52 Å². The zero-order valence-corrected chi connectivity index (χ0v) is 13.8. The van der Waals surface area contributed by atoms with Crippen molar-refractivity contribution >= 4 is 11.9 Å². The number of piperidine rings is 1. The number of amides is 3. The van der Waals surface area contributed by atoms with Gasteiger partial charge < -0.3 is 9.84 Å². The molecule has 8 heteroatoms. The van der Waals surface area contributed by atoms with Crippen LogP contribution in [-0.4, -0.2) is 45.6 Å². The fraction of sp³-hybridized carbons (Fsp3) is 0.733. The van der Waals surface area contributed by atoms with E-state index in [1.165, 1.54) is 0 Å². The number of urea groups is 1. The van der Waals surface area contributed by atoms with Crippen LogP contribution < -0.4 is 10.6 Å². The Balaban J connectivity index is 1.66. The van der Waals surface area contributed by atoms with Crippen molar-refractivity contribution in [3.8, 4) is 0 Å². The Hall–Kier alpha value is -1.96. The summed E-state index contributed by atoms with van der Waals surface area (Å²) in [5.74, 6) is 1.35. The highest BCUT2D eigenvalue weighted by atomic mass is 16.5. The second-order valence-electron chi connectivity index (χ2n) is 6.89. The molecule has 0 saturated carbocycles. The average Bonchev–Trinajstić information content (AvgIpc) is 3.05. The standard InChI is InChI=1S/C15H23N5O3/c1-9(2)12-16-11(19-23-12)8-20-6-4-5-10(7-20)15(3)13(21)17-14(22)18-15/h9-10H,4-8H2,1-3H3,(H2,17,18,21,22). The summed E-state index contributed by atoms with van der Waals surface area (Å²) in [7, 11) is 0. The Labute approximate surface area is 135 Å². The van der Waals surface area contributed by atoms with Crippen LogP contribution in [0.1, 0.15) is 51.2 Å². The monoisotopic (exact) mass is 321 g/mol. The molecule has 0 radical (unpaired) electrons. The van der Waals surface area contributed by atoms with Crippen LogP contribution in [0, 0.1) is 5.92 Å². The second-order valence-corrected chi connectivity index (χ2v) is 6.89. The zero-order valence-electron chi connectivity index (χ0n) is 13.8. The Kier molecular flexibility index (Phi) is 4.09. The lowest BCUT2D eigenvalue weighted by atomic mass is 9.80. The SMILES string of the molecule is CC(C)c1nc(CN2CCCC(C3(C)NC(=O)NC3=O)C2)no1. The van der Waals surface area contributed by atoms with Crippen molar-refractivity contribution in [1.82, 2.24) is 25.7 Å². The fourth-order valence-electron chi connectivity index (χ4n) is 3.28. The van der Waals surface area contributed by atoms with Gasteiger partial charge in [-0.2, -0.15) is 4.98 Å². The van der Waals surface area contributed by atoms with Gasteiger partial charge in [0, 0.05) is 18.4 Å². The van der Waals surface area contributed by atoms with Crippen LogP contribution in [0.2, 0.25) is 0 Å². The maximum Gasteiger partial charge on any atom is 0.322 e. The maximum atomic E-state index is 12.1. The summed E-state index contributed by atoms with van der Waals surface area (Å²) in [5, 5.41) is 9.14. The first-order chi connectivity index (χ1) is 10.9. The molecule has 1 aromatic rings. The number of hydrogen-bond acceptors (Lipinski definition) is 6. The number of hydrogen-bond donors (Lipinski definition) is 2. The molecule has 0 aromatic carbocycles. The summed E-state index contributed by atoms with van der Waals surface area (Å²) in [4.78, 5) is 30.2. The van der Waals surface area contributed by atoms with Gasteiger partial charge in [-0.3, -0.25) is 15.0 Å². The summed E-state index contributed by atoms with van der Waals surface area (Å²) in [6.45, 7) is 8.06. The molecule has 3 rings (SSSR count). The van der Waals surface area contributed by atoms with E-state index in [0.29, 0.717) is 18.3 Å². The first kappa shape index (κ1) is 15.9. The molecule has 3 amide bonds. The molecule has 0 spiro atoms. The normalized spacial score (nSPS) is 29.0. The summed E-state index contributed by atoms with van der Waals surface area (Å²) in [5.41, 5.74) is -0.837. The lowest BCUT2D eigenvalue weighted by Gasteiger charge is -2.39. The van der Waals surface area contributed by atoms with Crippen molar-refractivity contribution in [2.24, 2.45) is 5.92 Å². The van der Waals surface area contributed by atoms with E-state index >= 15 is 0 Å². The van der Waals surface area contributed by atoms with E-state index in [2.05, 4.69) is 25.7 Å². The number of carbonyl (C=O) groups excluding carboxylic acids is 2. The van der Waals surface area contributed by atoms with E-state index in [1.54, 1.807) is 6.92 Å². The largest absolute Gasteiger partial charge is 0.339 e. The molecular formula is C15H23N5O3. The smallest absolute Gasteiger partial charge is 0.322 e. The first-order valence-electron chi connectivity index (χ1n) is 8.07. The molecule has 2 fully saturated rings.